The molecule has 206 valence electrons. The molecular formula is C26H35N5O5S2. The first-order valence-corrected chi connectivity index (χ1v) is 15.2. The molecule has 3 heterocycles. The normalized spacial score (nSPS) is 16.9. The van der Waals surface area contributed by atoms with Crippen LogP contribution in [0, 0.1) is 0 Å². The summed E-state index contributed by atoms with van der Waals surface area (Å²) in [4.78, 5) is 41.5. The third-order valence-electron chi connectivity index (χ3n) is 7.04. The highest BCUT2D eigenvalue weighted by Gasteiger charge is 2.30. The summed E-state index contributed by atoms with van der Waals surface area (Å²) in [5.74, 6) is -1.04. The van der Waals surface area contributed by atoms with Gasteiger partial charge in [0.2, 0.25) is 10.0 Å². The Balaban J connectivity index is 1.57. The molecule has 2 aromatic rings. The molecule has 0 bridgehead atoms. The fourth-order valence-electron chi connectivity index (χ4n) is 4.81. The smallest absolute Gasteiger partial charge is 0.321 e. The summed E-state index contributed by atoms with van der Waals surface area (Å²) in [5.41, 5.74) is 1.40. The zero-order valence-electron chi connectivity index (χ0n) is 22.0. The van der Waals surface area contributed by atoms with Crippen molar-refractivity contribution in [2.24, 2.45) is 0 Å². The van der Waals surface area contributed by atoms with Gasteiger partial charge in [0.25, 0.3) is 11.8 Å². The quantitative estimate of drug-likeness (QED) is 0.496. The van der Waals surface area contributed by atoms with E-state index in [2.05, 4.69) is 34.7 Å². The Kier molecular flexibility index (Phi) is 8.86. The molecule has 4 rings (SSSR count). The number of rotatable bonds is 6. The minimum atomic E-state index is -3.62. The number of imide groups is 1. The van der Waals surface area contributed by atoms with Gasteiger partial charge in [-0.1, -0.05) is 12.8 Å². The summed E-state index contributed by atoms with van der Waals surface area (Å²) in [5, 5.41) is 7.89. The van der Waals surface area contributed by atoms with Crippen LogP contribution in [0.5, 0.6) is 0 Å². The molecule has 12 heteroatoms. The first-order valence-electron chi connectivity index (χ1n) is 12.9. The van der Waals surface area contributed by atoms with E-state index in [0.29, 0.717) is 42.7 Å². The predicted octanol–water partition coefficient (Wildman–Crippen LogP) is 3.40. The Bertz CT molecular complexity index is 1300. The number of sulfonamides is 1. The van der Waals surface area contributed by atoms with Gasteiger partial charge in [-0.2, -0.15) is 4.31 Å². The van der Waals surface area contributed by atoms with Crippen molar-refractivity contribution in [3.8, 4) is 0 Å². The first kappa shape index (κ1) is 28.2. The van der Waals surface area contributed by atoms with E-state index in [1.54, 1.807) is 0 Å². The van der Waals surface area contributed by atoms with Gasteiger partial charge in [0.1, 0.15) is 5.00 Å². The van der Waals surface area contributed by atoms with Gasteiger partial charge < -0.3 is 10.6 Å². The number of carbonyl (C=O) groups excluding carboxylic acids is 3. The average molecular weight is 562 g/mol. The Morgan fingerprint density at radius 1 is 0.947 bits per heavy atom. The SMILES string of the molecule is CNC(=O)NC(=O)c1c(NC(=O)c2ccc(S(=O)(=O)N3CCCCCC3)cc2)sc2c1CCN(C(C)C)C2. The topological polar surface area (TPSA) is 128 Å². The number of hydrogen-bond donors (Lipinski definition) is 3. The second-order valence-corrected chi connectivity index (χ2v) is 12.9. The van der Waals surface area contributed by atoms with E-state index in [1.165, 1.54) is 47.0 Å². The first-order chi connectivity index (χ1) is 18.1. The van der Waals surface area contributed by atoms with Crippen molar-refractivity contribution >= 4 is 44.2 Å². The van der Waals surface area contributed by atoms with E-state index >= 15 is 0 Å². The van der Waals surface area contributed by atoms with Crippen molar-refractivity contribution in [2.45, 2.75) is 63.4 Å². The van der Waals surface area contributed by atoms with Gasteiger partial charge in [-0.25, -0.2) is 13.2 Å². The van der Waals surface area contributed by atoms with Crippen LogP contribution in [-0.2, 0) is 23.0 Å². The van der Waals surface area contributed by atoms with E-state index in [1.807, 2.05) is 0 Å². The molecule has 1 fully saturated rings. The van der Waals surface area contributed by atoms with Crippen LogP contribution in [0.1, 0.15) is 70.7 Å². The van der Waals surface area contributed by atoms with Gasteiger partial charge in [-0.05, 0) is 62.9 Å². The highest BCUT2D eigenvalue weighted by molar-refractivity contribution is 7.89. The Labute approximate surface area is 227 Å². The molecule has 4 amide bonds. The molecule has 0 aliphatic carbocycles. The number of nitrogens with zero attached hydrogens (tertiary/aromatic N) is 2. The molecule has 0 saturated carbocycles. The largest absolute Gasteiger partial charge is 0.341 e. The second kappa shape index (κ2) is 11.9. The maximum atomic E-state index is 13.2. The minimum absolute atomic E-state index is 0.155. The molecule has 2 aliphatic heterocycles. The van der Waals surface area contributed by atoms with Gasteiger partial charge in [0.15, 0.2) is 0 Å². The zero-order valence-corrected chi connectivity index (χ0v) is 23.6. The summed E-state index contributed by atoms with van der Waals surface area (Å²) >= 11 is 1.33. The zero-order chi connectivity index (χ0) is 27.4. The molecule has 1 aromatic heterocycles. The highest BCUT2D eigenvalue weighted by Crippen LogP contribution is 2.38. The third kappa shape index (κ3) is 6.09. The lowest BCUT2D eigenvalue weighted by molar-refractivity contribution is 0.0963. The molecule has 0 radical (unpaired) electrons. The van der Waals surface area contributed by atoms with E-state index in [9.17, 15) is 22.8 Å². The summed E-state index contributed by atoms with van der Waals surface area (Å²) in [7, 11) is -2.20. The molecule has 10 nitrogen and oxygen atoms in total. The number of nitrogens with one attached hydrogen (secondary N) is 3. The van der Waals surface area contributed by atoms with Crippen LogP contribution in [0.2, 0.25) is 0 Å². The van der Waals surface area contributed by atoms with Crippen molar-refractivity contribution in [2.75, 3.05) is 32.0 Å². The number of urea groups is 1. The van der Waals surface area contributed by atoms with Gasteiger partial charge in [-0.15, -0.1) is 11.3 Å². The second-order valence-electron chi connectivity index (χ2n) is 9.85. The van der Waals surface area contributed by atoms with Crippen molar-refractivity contribution in [1.29, 1.82) is 0 Å². The van der Waals surface area contributed by atoms with Gasteiger partial charge in [-0.3, -0.25) is 19.8 Å². The standard InChI is InChI=1S/C26H35N5O5S2/c1-17(2)30-15-12-20-21(16-30)37-25(22(20)24(33)29-26(34)27-3)28-23(32)18-8-10-19(11-9-18)38(35,36)31-13-6-4-5-7-14-31/h8-11,17H,4-7,12-16H2,1-3H3,(H,28,32)(H2,27,29,33,34). The maximum Gasteiger partial charge on any atom is 0.321 e. The van der Waals surface area contributed by atoms with E-state index in [4.69, 9.17) is 0 Å². The van der Waals surface area contributed by atoms with E-state index < -0.39 is 27.9 Å². The predicted molar refractivity (Wildman–Crippen MR) is 147 cm³/mol. The van der Waals surface area contributed by atoms with Crippen LogP contribution in [-0.4, -0.2) is 68.2 Å². The number of benzene rings is 1. The van der Waals surface area contributed by atoms with E-state index in [-0.39, 0.29) is 10.5 Å². The summed E-state index contributed by atoms with van der Waals surface area (Å²) in [6, 6.07) is 5.57. The summed E-state index contributed by atoms with van der Waals surface area (Å²) < 4.78 is 27.7. The summed E-state index contributed by atoms with van der Waals surface area (Å²) in [6.07, 6.45) is 4.36. The third-order valence-corrected chi connectivity index (χ3v) is 10.1. The Morgan fingerprint density at radius 2 is 1.61 bits per heavy atom. The number of hydrogen-bond acceptors (Lipinski definition) is 7. The fraction of sp³-hybridized carbons (Fsp3) is 0.500. The van der Waals surface area contributed by atoms with Crippen LogP contribution in [0.4, 0.5) is 9.80 Å². The minimum Gasteiger partial charge on any atom is -0.341 e. The number of carbonyl (C=O) groups is 3. The fourth-order valence-corrected chi connectivity index (χ4v) is 7.59. The molecule has 0 unspecified atom stereocenters. The number of fused-ring (bicyclic) bond motifs is 1. The molecule has 0 atom stereocenters. The average Bonchev–Trinajstić information content (AvgIpc) is 3.04. The van der Waals surface area contributed by atoms with Crippen LogP contribution in [0.3, 0.4) is 0 Å². The van der Waals surface area contributed by atoms with Gasteiger partial charge in [0, 0.05) is 49.7 Å². The van der Waals surface area contributed by atoms with Crippen LogP contribution < -0.4 is 16.0 Å². The lowest BCUT2D eigenvalue weighted by Gasteiger charge is -2.30. The maximum absolute atomic E-state index is 13.2. The van der Waals surface area contributed by atoms with Crippen molar-refractivity contribution in [3.63, 3.8) is 0 Å². The Hall–Kier alpha value is -2.80. The number of anilines is 1. The molecular weight excluding hydrogens is 526 g/mol. The van der Waals surface area contributed by atoms with Crippen LogP contribution >= 0.6 is 11.3 Å². The molecule has 38 heavy (non-hydrogen) atoms. The number of amides is 4. The lowest BCUT2D eigenvalue weighted by atomic mass is 10.0. The molecule has 0 spiro atoms. The van der Waals surface area contributed by atoms with Gasteiger partial charge >= 0.3 is 6.03 Å². The van der Waals surface area contributed by atoms with Crippen molar-refractivity contribution in [1.82, 2.24) is 19.8 Å². The monoisotopic (exact) mass is 561 g/mol. The van der Waals surface area contributed by atoms with Crippen molar-refractivity contribution in [3.05, 3.63) is 45.8 Å². The van der Waals surface area contributed by atoms with Crippen LogP contribution in [0.15, 0.2) is 29.2 Å². The molecule has 3 N–H and O–H groups in total. The van der Waals surface area contributed by atoms with Crippen molar-refractivity contribution < 1.29 is 22.8 Å². The van der Waals surface area contributed by atoms with E-state index in [0.717, 1.165) is 42.7 Å². The summed E-state index contributed by atoms with van der Waals surface area (Å²) in [6.45, 7) is 6.64. The molecule has 1 aromatic carbocycles. The highest BCUT2D eigenvalue weighted by atomic mass is 32.2. The van der Waals surface area contributed by atoms with Crippen LogP contribution in [0.25, 0.3) is 0 Å². The Morgan fingerprint density at radius 3 is 2.21 bits per heavy atom. The lowest BCUT2D eigenvalue weighted by Crippen LogP contribution is -2.39. The number of thiophene rings is 1. The molecule has 1 saturated heterocycles. The molecule has 2 aliphatic rings. The van der Waals surface area contributed by atoms with Gasteiger partial charge in [0.05, 0.1) is 10.5 Å².